The number of ketones is 4. The van der Waals surface area contributed by atoms with E-state index in [1.165, 1.54) is 25.1 Å². The molecule has 0 saturated heterocycles. The first-order valence-electron chi connectivity index (χ1n) is 12.4. The van der Waals surface area contributed by atoms with Crippen LogP contribution in [0.3, 0.4) is 0 Å². The Morgan fingerprint density at radius 1 is 1.16 bits per heavy atom. The summed E-state index contributed by atoms with van der Waals surface area (Å²) < 4.78 is 15.7. The molecule has 1 aromatic carbocycles. The van der Waals surface area contributed by atoms with Gasteiger partial charge in [-0.1, -0.05) is 0 Å². The molecule has 0 heterocycles. The van der Waals surface area contributed by atoms with Crippen molar-refractivity contribution in [1.29, 1.82) is 0 Å². The van der Waals surface area contributed by atoms with Crippen molar-refractivity contribution in [3.63, 3.8) is 0 Å². The van der Waals surface area contributed by atoms with E-state index >= 15 is 4.39 Å². The number of carbonyl (C=O) groups is 5. The van der Waals surface area contributed by atoms with Crippen molar-refractivity contribution in [2.75, 3.05) is 21.1 Å². The van der Waals surface area contributed by atoms with Crippen LogP contribution in [0, 0.1) is 29.5 Å². The van der Waals surface area contributed by atoms with Crippen molar-refractivity contribution >= 4 is 29.0 Å². The van der Waals surface area contributed by atoms with Gasteiger partial charge in [0.05, 0.1) is 17.5 Å². The Bertz CT molecular complexity index is 1260. The van der Waals surface area contributed by atoms with E-state index in [1.807, 2.05) is 11.9 Å². The molecule has 4 aliphatic carbocycles. The second kappa shape index (κ2) is 8.50. The number of amides is 1. The van der Waals surface area contributed by atoms with Gasteiger partial charge in [0.1, 0.15) is 11.6 Å². The zero-order valence-corrected chi connectivity index (χ0v) is 20.9. The number of halogens is 1. The fourth-order valence-corrected chi connectivity index (χ4v) is 6.74. The lowest BCUT2D eigenvalue weighted by atomic mass is 9.52. The van der Waals surface area contributed by atoms with Crippen LogP contribution in [0.15, 0.2) is 6.07 Å². The lowest BCUT2D eigenvalue weighted by Gasteiger charge is -2.52. The summed E-state index contributed by atoms with van der Waals surface area (Å²) >= 11 is 0. The number of phenolic OH excluding ortho intramolecular Hbond substituents is 1. The molecule has 3 fully saturated rings. The first kappa shape index (κ1) is 25.6. The van der Waals surface area contributed by atoms with Gasteiger partial charge >= 0.3 is 0 Å². The number of benzene rings is 1. The number of rotatable bonds is 5. The molecular formula is C26H30FN3O7. The molecule has 4 N–H and O–H groups in total. The highest BCUT2D eigenvalue weighted by molar-refractivity contribution is 6.32. The molecule has 3 saturated carbocycles. The maximum atomic E-state index is 15.7. The largest absolute Gasteiger partial charge is 0.507 e. The molecular weight excluding hydrogens is 485 g/mol. The Kier molecular flexibility index (Phi) is 5.89. The third kappa shape index (κ3) is 3.58. The Morgan fingerprint density at radius 3 is 2.38 bits per heavy atom. The van der Waals surface area contributed by atoms with Crippen molar-refractivity contribution in [3.8, 4) is 5.75 Å². The molecule has 0 aliphatic heterocycles. The lowest BCUT2D eigenvalue weighted by molar-refractivity contribution is -0.181. The van der Waals surface area contributed by atoms with E-state index in [0.29, 0.717) is 6.04 Å². The number of aliphatic hydroxyl groups is 1. The predicted molar refractivity (Wildman–Crippen MR) is 126 cm³/mol. The topological polar surface area (TPSA) is 158 Å². The van der Waals surface area contributed by atoms with Crippen molar-refractivity contribution in [1.82, 2.24) is 9.80 Å². The summed E-state index contributed by atoms with van der Waals surface area (Å²) in [6, 6.07) is 0.329. The van der Waals surface area contributed by atoms with Gasteiger partial charge in [0, 0.05) is 29.6 Å². The molecule has 0 aromatic heterocycles. The number of phenols is 1. The molecule has 0 bridgehead atoms. The first-order valence-corrected chi connectivity index (χ1v) is 12.4. The second-order valence-corrected chi connectivity index (χ2v) is 11.2. The van der Waals surface area contributed by atoms with Crippen LogP contribution >= 0.6 is 0 Å². The van der Waals surface area contributed by atoms with E-state index in [-0.39, 0.29) is 36.1 Å². The Balaban J connectivity index is 1.58. The summed E-state index contributed by atoms with van der Waals surface area (Å²) in [6.45, 7) is 0.237. The molecule has 1 amide bonds. The highest BCUT2D eigenvalue weighted by atomic mass is 19.1. The third-order valence-electron chi connectivity index (χ3n) is 8.66. The van der Waals surface area contributed by atoms with Gasteiger partial charge in [-0.05, 0) is 58.8 Å². The number of hydrogen-bond donors (Lipinski definition) is 3. The van der Waals surface area contributed by atoms with Crippen molar-refractivity contribution in [3.05, 3.63) is 28.6 Å². The normalized spacial score (nSPS) is 33.4. The number of fused-ring (bicyclic) bond motifs is 3. The fourth-order valence-electron chi connectivity index (χ4n) is 6.74. The molecule has 0 spiro atoms. The minimum Gasteiger partial charge on any atom is -0.507 e. The predicted octanol–water partition coefficient (Wildman–Crippen LogP) is -0.400. The second-order valence-electron chi connectivity index (χ2n) is 11.2. The number of primary amides is 1. The molecule has 198 valence electrons. The van der Waals surface area contributed by atoms with Gasteiger partial charge in [0.2, 0.25) is 5.91 Å². The molecule has 4 aliphatic rings. The van der Waals surface area contributed by atoms with E-state index in [2.05, 4.69) is 0 Å². The summed E-state index contributed by atoms with van der Waals surface area (Å²) in [5.41, 5.74) is 2.40. The molecule has 2 unspecified atom stereocenters. The van der Waals surface area contributed by atoms with Crippen LogP contribution < -0.4 is 5.73 Å². The van der Waals surface area contributed by atoms with E-state index in [0.717, 1.165) is 12.8 Å². The molecule has 37 heavy (non-hydrogen) atoms. The quantitative estimate of drug-likeness (QED) is 0.444. The molecule has 5 rings (SSSR count). The lowest BCUT2D eigenvalue weighted by Crippen LogP contribution is -2.74. The number of nitrogens with zero attached hydrogens (tertiary/aromatic N) is 2. The zero-order chi connectivity index (χ0) is 27.1. The summed E-state index contributed by atoms with van der Waals surface area (Å²) in [5.74, 6) is -12.2. The van der Waals surface area contributed by atoms with E-state index < -0.39 is 75.9 Å². The smallest absolute Gasteiger partial charge is 0.235 e. The van der Waals surface area contributed by atoms with Crippen LogP contribution in [0.5, 0.6) is 5.75 Å². The van der Waals surface area contributed by atoms with Gasteiger partial charge in [-0.3, -0.25) is 33.8 Å². The fraction of sp³-hybridized carbons (Fsp3) is 0.577. The van der Waals surface area contributed by atoms with E-state index in [4.69, 9.17) is 5.73 Å². The Hall–Kier alpha value is -3.02. The van der Waals surface area contributed by atoms with Gasteiger partial charge in [-0.15, -0.1) is 0 Å². The van der Waals surface area contributed by atoms with Gasteiger partial charge in [0.25, 0.3) is 0 Å². The minimum absolute atomic E-state index is 0.00596. The van der Waals surface area contributed by atoms with Gasteiger partial charge in [-0.2, -0.15) is 0 Å². The summed E-state index contributed by atoms with van der Waals surface area (Å²) in [7, 11) is 4.87. The Morgan fingerprint density at radius 2 is 1.81 bits per heavy atom. The number of hydrogen-bond acceptors (Lipinski definition) is 9. The Labute approximate surface area is 212 Å². The van der Waals surface area contributed by atoms with Crippen LogP contribution in [-0.4, -0.2) is 87.9 Å². The van der Waals surface area contributed by atoms with Crippen molar-refractivity contribution in [2.24, 2.45) is 29.4 Å². The summed E-state index contributed by atoms with van der Waals surface area (Å²) in [4.78, 5) is 69.0. The van der Waals surface area contributed by atoms with Crippen LogP contribution in [0.25, 0.3) is 0 Å². The standard InChI is InChI=1S/C26H30FN3O7/c1-29(2)20-14-7-10-6-13-17(15(31)8-11(19(13)27)9-30(3)12-4-5-12)21(32)16(10)23(34)26(14,37)24(35)18(22(20)33)25(28)36/h8,10,12,14,16,18,20,31,37H,4-7,9H2,1-3H3,(H2,28,36)/t10-,14-,16?,18?,20-,26-/m0/s1. The maximum absolute atomic E-state index is 15.7. The number of nitrogens with two attached hydrogens (primary N) is 1. The summed E-state index contributed by atoms with van der Waals surface area (Å²) in [5, 5.41) is 22.3. The van der Waals surface area contributed by atoms with E-state index in [9.17, 15) is 34.2 Å². The van der Waals surface area contributed by atoms with Crippen LogP contribution in [0.1, 0.15) is 40.7 Å². The molecule has 10 nitrogen and oxygen atoms in total. The van der Waals surface area contributed by atoms with E-state index in [1.54, 1.807) is 0 Å². The molecule has 6 atom stereocenters. The highest BCUT2D eigenvalue weighted by Crippen LogP contribution is 2.51. The number of Topliss-reactive ketones (excluding diaryl/α,β-unsaturated/α-hetero) is 4. The highest BCUT2D eigenvalue weighted by Gasteiger charge is 2.69. The minimum atomic E-state index is -2.79. The van der Waals surface area contributed by atoms with Crippen molar-refractivity contribution in [2.45, 2.75) is 49.9 Å². The van der Waals surface area contributed by atoms with Crippen LogP contribution in [-0.2, 0) is 32.1 Å². The molecule has 1 aromatic rings. The molecule has 0 radical (unpaired) electrons. The van der Waals surface area contributed by atoms with Crippen LogP contribution in [0.2, 0.25) is 0 Å². The van der Waals surface area contributed by atoms with Crippen LogP contribution in [0.4, 0.5) is 4.39 Å². The van der Waals surface area contributed by atoms with Gasteiger partial charge in [0.15, 0.2) is 34.7 Å². The van der Waals surface area contributed by atoms with Gasteiger partial charge < -0.3 is 15.9 Å². The average Bonchev–Trinajstić information content (AvgIpc) is 3.64. The maximum Gasteiger partial charge on any atom is 0.235 e. The monoisotopic (exact) mass is 515 g/mol. The number of likely N-dealkylation sites (N-methyl/N-ethyl adjacent to an activating group) is 1. The number of aromatic hydroxyl groups is 1. The van der Waals surface area contributed by atoms with Gasteiger partial charge in [-0.25, -0.2) is 4.39 Å². The molecule has 11 heteroatoms. The SMILES string of the molecule is CN(Cc1cc(O)c2c(c1F)C[C@H]1C[C@H]3[C@H](N(C)C)C(=O)C(C(N)=O)C(=O)[C@@]3(O)C(=O)C1C2=O)C1CC1. The van der Waals surface area contributed by atoms with Crippen molar-refractivity contribution < 1.29 is 38.6 Å². The third-order valence-corrected chi connectivity index (χ3v) is 8.66. The first-order chi connectivity index (χ1) is 17.3. The average molecular weight is 516 g/mol. The zero-order valence-electron chi connectivity index (χ0n) is 20.9. The summed E-state index contributed by atoms with van der Waals surface area (Å²) in [6.07, 6.45) is 1.80. The number of carbonyl (C=O) groups excluding carboxylic acids is 5.